The summed E-state index contributed by atoms with van der Waals surface area (Å²) < 4.78 is 15.5. The second kappa shape index (κ2) is 8.00. The minimum Gasteiger partial charge on any atom is -0.474 e. The van der Waals surface area contributed by atoms with Crippen LogP contribution in [0.15, 0.2) is 72.8 Å². The van der Waals surface area contributed by atoms with Crippen molar-refractivity contribution in [3.63, 3.8) is 0 Å². The first-order valence-corrected chi connectivity index (χ1v) is 9.20. The zero-order valence-electron chi connectivity index (χ0n) is 15.9. The first-order chi connectivity index (χ1) is 13.7. The summed E-state index contributed by atoms with van der Waals surface area (Å²) >= 11 is 0. The third-order valence-electron chi connectivity index (χ3n) is 4.18. The van der Waals surface area contributed by atoms with Crippen LogP contribution in [0.1, 0.15) is 11.4 Å². The molecular weight excluding hydrogens is 352 g/mol. The predicted molar refractivity (Wildman–Crippen MR) is 108 cm³/mol. The van der Waals surface area contributed by atoms with Crippen LogP contribution in [-0.2, 0) is 0 Å². The normalized spacial score (nSPS) is 10.8. The zero-order valence-corrected chi connectivity index (χ0v) is 15.9. The van der Waals surface area contributed by atoms with Crippen LogP contribution in [0.3, 0.4) is 0 Å². The van der Waals surface area contributed by atoms with E-state index in [4.69, 9.17) is 9.47 Å². The minimum atomic E-state index is 0.400. The van der Waals surface area contributed by atoms with Crippen molar-refractivity contribution in [3.05, 3.63) is 84.2 Å². The summed E-state index contributed by atoms with van der Waals surface area (Å²) in [6.07, 6.45) is 0. The van der Waals surface area contributed by atoms with Gasteiger partial charge in [0.2, 0.25) is 11.8 Å². The lowest BCUT2D eigenvalue weighted by molar-refractivity contribution is 0.200. The first-order valence-electron chi connectivity index (χ1n) is 9.20. The highest BCUT2D eigenvalue weighted by Gasteiger charge is 2.11. The van der Waals surface area contributed by atoms with Gasteiger partial charge in [0, 0.05) is 12.1 Å². The molecule has 0 atom stereocenters. The number of aryl methyl sites for hydroxylation is 2. The molecule has 6 nitrogen and oxygen atoms in total. The Morgan fingerprint density at radius 3 is 1.43 bits per heavy atom. The molecule has 0 N–H and O–H groups in total. The number of rotatable bonds is 7. The van der Waals surface area contributed by atoms with Crippen LogP contribution in [-0.4, -0.2) is 32.8 Å². The van der Waals surface area contributed by atoms with E-state index < -0.39 is 0 Å². The summed E-state index contributed by atoms with van der Waals surface area (Å²) in [4.78, 5) is 0. The standard InChI is InChI=1S/C22H22N4O2/c1-17-15-21(25(23-17)19-9-5-3-6-10-19)27-13-14-28-22-16-18(2)24-26(22)20-11-7-4-8-12-20/h3-12,15-16H,13-14H2,1-2H3. The van der Waals surface area contributed by atoms with Crippen molar-refractivity contribution < 1.29 is 9.47 Å². The van der Waals surface area contributed by atoms with E-state index in [-0.39, 0.29) is 0 Å². The van der Waals surface area contributed by atoms with Gasteiger partial charge in [0.1, 0.15) is 13.2 Å². The number of aromatic nitrogens is 4. The molecule has 6 heteroatoms. The molecule has 2 heterocycles. The fourth-order valence-electron chi connectivity index (χ4n) is 2.96. The second-order valence-electron chi connectivity index (χ2n) is 6.44. The van der Waals surface area contributed by atoms with Crippen LogP contribution >= 0.6 is 0 Å². The van der Waals surface area contributed by atoms with Gasteiger partial charge in [-0.15, -0.1) is 0 Å². The third-order valence-corrected chi connectivity index (χ3v) is 4.18. The van der Waals surface area contributed by atoms with Gasteiger partial charge in [-0.25, -0.2) is 9.36 Å². The van der Waals surface area contributed by atoms with Gasteiger partial charge in [-0.3, -0.25) is 0 Å². The van der Waals surface area contributed by atoms with Gasteiger partial charge < -0.3 is 9.47 Å². The SMILES string of the molecule is Cc1cc(OCCOc2cc(C)nn2-c2ccccc2)n(-c2ccccc2)n1. The van der Waals surface area contributed by atoms with E-state index in [0.29, 0.717) is 25.0 Å². The fraction of sp³-hybridized carbons (Fsp3) is 0.182. The summed E-state index contributed by atoms with van der Waals surface area (Å²) in [6.45, 7) is 4.70. The monoisotopic (exact) mass is 374 g/mol. The highest BCUT2D eigenvalue weighted by atomic mass is 16.5. The molecule has 4 rings (SSSR count). The Balaban J connectivity index is 1.42. The molecule has 2 aromatic carbocycles. The Bertz CT molecular complexity index is 953. The van der Waals surface area contributed by atoms with E-state index in [1.54, 1.807) is 9.36 Å². The lowest BCUT2D eigenvalue weighted by Crippen LogP contribution is -2.13. The van der Waals surface area contributed by atoms with E-state index in [9.17, 15) is 0 Å². The molecule has 0 radical (unpaired) electrons. The van der Waals surface area contributed by atoms with Crippen LogP contribution in [0.25, 0.3) is 11.4 Å². The van der Waals surface area contributed by atoms with Gasteiger partial charge in [-0.05, 0) is 38.1 Å². The molecule has 0 aliphatic carbocycles. The van der Waals surface area contributed by atoms with Crippen molar-refractivity contribution in [2.75, 3.05) is 13.2 Å². The number of nitrogens with zero attached hydrogens (tertiary/aromatic N) is 4. The number of hydrogen-bond donors (Lipinski definition) is 0. The van der Waals surface area contributed by atoms with Gasteiger partial charge in [0.15, 0.2) is 0 Å². The minimum absolute atomic E-state index is 0.400. The maximum Gasteiger partial charge on any atom is 0.216 e. The number of hydrogen-bond acceptors (Lipinski definition) is 4. The molecule has 0 amide bonds. The Kier molecular flexibility index (Phi) is 5.10. The van der Waals surface area contributed by atoms with E-state index >= 15 is 0 Å². The van der Waals surface area contributed by atoms with Crippen molar-refractivity contribution in [2.24, 2.45) is 0 Å². The van der Waals surface area contributed by atoms with Crippen molar-refractivity contribution >= 4 is 0 Å². The molecule has 0 fully saturated rings. The lowest BCUT2D eigenvalue weighted by atomic mass is 10.3. The average molecular weight is 374 g/mol. The van der Waals surface area contributed by atoms with Crippen LogP contribution in [0.5, 0.6) is 11.8 Å². The summed E-state index contributed by atoms with van der Waals surface area (Å²) in [5, 5.41) is 9.02. The molecular formula is C22H22N4O2. The zero-order chi connectivity index (χ0) is 19.3. The predicted octanol–water partition coefficient (Wildman–Crippen LogP) is 4.13. The molecule has 0 aliphatic heterocycles. The first kappa shape index (κ1) is 17.9. The molecule has 0 spiro atoms. The topological polar surface area (TPSA) is 54.1 Å². The summed E-state index contributed by atoms with van der Waals surface area (Å²) in [6, 6.07) is 23.7. The van der Waals surface area contributed by atoms with E-state index in [1.807, 2.05) is 86.6 Å². The average Bonchev–Trinajstić information content (AvgIpc) is 3.28. The smallest absolute Gasteiger partial charge is 0.216 e. The maximum atomic E-state index is 5.93. The van der Waals surface area contributed by atoms with Crippen LogP contribution in [0.4, 0.5) is 0 Å². The quantitative estimate of drug-likeness (QED) is 0.456. The van der Waals surface area contributed by atoms with Crippen LogP contribution in [0, 0.1) is 13.8 Å². The molecule has 0 bridgehead atoms. The van der Waals surface area contributed by atoms with Crippen molar-refractivity contribution in [1.29, 1.82) is 0 Å². The van der Waals surface area contributed by atoms with Crippen LogP contribution < -0.4 is 9.47 Å². The van der Waals surface area contributed by atoms with E-state index in [2.05, 4.69) is 10.2 Å². The molecule has 28 heavy (non-hydrogen) atoms. The molecule has 0 aliphatic rings. The molecule has 0 saturated carbocycles. The highest BCUT2D eigenvalue weighted by Crippen LogP contribution is 2.21. The molecule has 4 aromatic rings. The largest absolute Gasteiger partial charge is 0.474 e. The number of ether oxygens (including phenoxy) is 2. The lowest BCUT2D eigenvalue weighted by Gasteiger charge is -2.11. The Morgan fingerprint density at radius 1 is 0.643 bits per heavy atom. The Morgan fingerprint density at radius 2 is 1.04 bits per heavy atom. The molecule has 0 unspecified atom stereocenters. The van der Waals surface area contributed by atoms with Gasteiger partial charge >= 0.3 is 0 Å². The van der Waals surface area contributed by atoms with E-state index in [1.165, 1.54) is 0 Å². The Hall–Kier alpha value is -3.54. The molecule has 2 aromatic heterocycles. The number of benzene rings is 2. The van der Waals surface area contributed by atoms with Gasteiger partial charge in [0.25, 0.3) is 0 Å². The highest BCUT2D eigenvalue weighted by molar-refractivity contribution is 5.36. The molecule has 142 valence electrons. The van der Waals surface area contributed by atoms with Gasteiger partial charge in [-0.2, -0.15) is 10.2 Å². The summed E-state index contributed by atoms with van der Waals surface area (Å²) in [7, 11) is 0. The summed E-state index contributed by atoms with van der Waals surface area (Å²) in [5.41, 5.74) is 3.73. The van der Waals surface area contributed by atoms with Crippen molar-refractivity contribution in [3.8, 4) is 23.1 Å². The van der Waals surface area contributed by atoms with Crippen LogP contribution in [0.2, 0.25) is 0 Å². The van der Waals surface area contributed by atoms with Crippen molar-refractivity contribution in [1.82, 2.24) is 19.6 Å². The molecule has 0 saturated heterocycles. The number of para-hydroxylation sites is 2. The van der Waals surface area contributed by atoms with Crippen molar-refractivity contribution in [2.45, 2.75) is 13.8 Å². The third kappa shape index (κ3) is 3.91. The van der Waals surface area contributed by atoms with E-state index in [0.717, 1.165) is 22.8 Å². The fourth-order valence-corrected chi connectivity index (χ4v) is 2.96. The van der Waals surface area contributed by atoms with Gasteiger partial charge in [0.05, 0.1) is 22.8 Å². The Labute approximate surface area is 164 Å². The summed E-state index contributed by atoms with van der Waals surface area (Å²) in [5.74, 6) is 1.39. The maximum absolute atomic E-state index is 5.93. The second-order valence-corrected chi connectivity index (χ2v) is 6.44. The van der Waals surface area contributed by atoms with Gasteiger partial charge in [-0.1, -0.05) is 36.4 Å².